The molecule has 0 atom stereocenters. The van der Waals surface area contributed by atoms with Crippen molar-refractivity contribution in [3.05, 3.63) is 29.3 Å². The van der Waals surface area contributed by atoms with Crippen molar-refractivity contribution in [3.8, 4) is 0 Å². The van der Waals surface area contributed by atoms with Crippen molar-refractivity contribution < 1.29 is 14.4 Å². The molecule has 0 bridgehead atoms. The van der Waals surface area contributed by atoms with Gasteiger partial charge in [0.2, 0.25) is 11.8 Å². The van der Waals surface area contributed by atoms with Gasteiger partial charge in [0, 0.05) is 30.6 Å². The van der Waals surface area contributed by atoms with Crippen LogP contribution in [0.25, 0.3) is 0 Å². The van der Waals surface area contributed by atoms with Crippen molar-refractivity contribution >= 4 is 23.3 Å². The van der Waals surface area contributed by atoms with Crippen LogP contribution in [0.3, 0.4) is 0 Å². The van der Waals surface area contributed by atoms with E-state index in [1.54, 1.807) is 18.2 Å². The lowest BCUT2D eigenvalue weighted by atomic mass is 10.0. The largest absolute Gasteiger partial charge is 0.356 e. The highest BCUT2D eigenvalue weighted by atomic mass is 16.2. The maximum Gasteiger partial charge on any atom is 0.228 e. The molecule has 0 unspecified atom stereocenters. The number of Topliss-reactive ketones (excluding diaryl/α,β-unsaturated/α-hetero) is 1. The Morgan fingerprint density at radius 1 is 1.26 bits per heavy atom. The van der Waals surface area contributed by atoms with E-state index in [0.717, 1.165) is 24.2 Å². The summed E-state index contributed by atoms with van der Waals surface area (Å²) in [5.74, 6) is -0.229. The average molecular weight is 317 g/mol. The van der Waals surface area contributed by atoms with Gasteiger partial charge in [-0.3, -0.25) is 14.4 Å². The van der Waals surface area contributed by atoms with E-state index < -0.39 is 0 Å². The van der Waals surface area contributed by atoms with E-state index in [9.17, 15) is 14.4 Å². The summed E-state index contributed by atoms with van der Waals surface area (Å²) in [5.41, 5.74) is 2.17. The minimum absolute atomic E-state index is 0.0540. The van der Waals surface area contributed by atoms with Crippen LogP contribution in [0.5, 0.6) is 0 Å². The second-order valence-corrected chi connectivity index (χ2v) is 6.03. The standard InChI is InChI=1S/C17H23N3O3/c1-20(2)9-3-8-18-16(22)7-6-15(21)12-4-5-14-13(10-12)11-17(23)19-14/h4-5,10H,3,6-9,11H2,1-2H3,(H,18,22)(H,19,23). The van der Waals surface area contributed by atoms with Gasteiger partial charge in [-0.1, -0.05) is 0 Å². The average Bonchev–Trinajstić information content (AvgIpc) is 2.88. The molecule has 1 aromatic rings. The van der Waals surface area contributed by atoms with Crippen LogP contribution in [0.1, 0.15) is 35.2 Å². The fourth-order valence-corrected chi connectivity index (χ4v) is 2.49. The van der Waals surface area contributed by atoms with Crippen molar-refractivity contribution in [2.75, 3.05) is 32.5 Å². The van der Waals surface area contributed by atoms with Gasteiger partial charge in [0.1, 0.15) is 0 Å². The van der Waals surface area contributed by atoms with E-state index in [1.165, 1.54) is 0 Å². The molecule has 0 radical (unpaired) electrons. The minimum Gasteiger partial charge on any atom is -0.356 e. The van der Waals surface area contributed by atoms with Crippen LogP contribution in [-0.2, 0) is 16.0 Å². The highest BCUT2D eigenvalue weighted by molar-refractivity contribution is 6.02. The molecule has 1 heterocycles. The van der Waals surface area contributed by atoms with Gasteiger partial charge in [-0.05, 0) is 50.8 Å². The number of hydrogen-bond donors (Lipinski definition) is 2. The van der Waals surface area contributed by atoms with Crippen LogP contribution in [0.2, 0.25) is 0 Å². The molecule has 0 aromatic heterocycles. The predicted octanol–water partition coefficient (Wildman–Crippen LogP) is 1.21. The van der Waals surface area contributed by atoms with E-state index in [-0.39, 0.29) is 30.4 Å². The lowest BCUT2D eigenvalue weighted by molar-refractivity contribution is -0.121. The van der Waals surface area contributed by atoms with Crippen molar-refractivity contribution in [2.45, 2.75) is 25.7 Å². The first-order chi connectivity index (χ1) is 11.0. The zero-order valence-corrected chi connectivity index (χ0v) is 13.6. The number of carbonyl (C=O) groups excluding carboxylic acids is 3. The molecule has 2 amide bonds. The molecule has 0 saturated carbocycles. The number of nitrogens with zero attached hydrogens (tertiary/aromatic N) is 1. The Hall–Kier alpha value is -2.21. The number of nitrogens with one attached hydrogen (secondary N) is 2. The normalized spacial score (nSPS) is 12.9. The van der Waals surface area contributed by atoms with Gasteiger partial charge >= 0.3 is 0 Å². The molecular weight excluding hydrogens is 294 g/mol. The van der Waals surface area contributed by atoms with Crippen LogP contribution >= 0.6 is 0 Å². The highest BCUT2D eigenvalue weighted by Crippen LogP contribution is 2.24. The van der Waals surface area contributed by atoms with Gasteiger partial charge in [-0.2, -0.15) is 0 Å². The molecule has 0 aliphatic carbocycles. The van der Waals surface area contributed by atoms with Gasteiger partial charge in [0.05, 0.1) is 6.42 Å². The quantitative estimate of drug-likeness (QED) is 0.558. The number of anilines is 1. The van der Waals surface area contributed by atoms with Crippen molar-refractivity contribution in [1.82, 2.24) is 10.2 Å². The summed E-state index contributed by atoms with van der Waals surface area (Å²) >= 11 is 0. The fourth-order valence-electron chi connectivity index (χ4n) is 2.49. The summed E-state index contributed by atoms with van der Waals surface area (Å²) in [6, 6.07) is 5.18. The van der Waals surface area contributed by atoms with Crippen LogP contribution in [0, 0.1) is 0 Å². The zero-order valence-electron chi connectivity index (χ0n) is 13.6. The monoisotopic (exact) mass is 317 g/mol. The van der Waals surface area contributed by atoms with Gasteiger partial charge < -0.3 is 15.5 Å². The molecule has 6 nitrogen and oxygen atoms in total. The summed E-state index contributed by atoms with van der Waals surface area (Å²) < 4.78 is 0. The van der Waals surface area contributed by atoms with Crippen LogP contribution in [0.15, 0.2) is 18.2 Å². The first kappa shape index (κ1) is 17.1. The van der Waals surface area contributed by atoms with E-state index in [0.29, 0.717) is 18.5 Å². The third-order valence-electron chi connectivity index (χ3n) is 3.74. The number of amides is 2. The number of fused-ring (bicyclic) bond motifs is 1. The molecule has 124 valence electrons. The Balaban J connectivity index is 1.76. The Labute approximate surface area is 136 Å². The lowest BCUT2D eigenvalue weighted by Gasteiger charge is -2.09. The predicted molar refractivity (Wildman–Crippen MR) is 88.5 cm³/mol. The van der Waals surface area contributed by atoms with E-state index in [4.69, 9.17) is 0 Å². The number of benzene rings is 1. The summed E-state index contributed by atoms with van der Waals surface area (Å²) in [6.07, 6.45) is 1.57. The number of hydrogen-bond acceptors (Lipinski definition) is 4. The van der Waals surface area contributed by atoms with Crippen molar-refractivity contribution in [3.63, 3.8) is 0 Å². The zero-order chi connectivity index (χ0) is 16.8. The second-order valence-electron chi connectivity index (χ2n) is 6.03. The molecule has 1 aliphatic heterocycles. The Bertz CT molecular complexity index is 611. The molecule has 0 saturated heterocycles. The molecule has 2 N–H and O–H groups in total. The SMILES string of the molecule is CN(C)CCCNC(=O)CCC(=O)c1ccc2c(c1)CC(=O)N2. The maximum atomic E-state index is 12.2. The van der Waals surface area contributed by atoms with Crippen LogP contribution in [0.4, 0.5) is 5.69 Å². The Morgan fingerprint density at radius 3 is 2.78 bits per heavy atom. The summed E-state index contributed by atoms with van der Waals surface area (Å²) in [4.78, 5) is 37.3. The van der Waals surface area contributed by atoms with Gasteiger partial charge in [-0.25, -0.2) is 0 Å². The van der Waals surface area contributed by atoms with Crippen LogP contribution in [-0.4, -0.2) is 49.7 Å². The molecule has 0 spiro atoms. The molecular formula is C17H23N3O3. The Morgan fingerprint density at radius 2 is 2.04 bits per heavy atom. The van der Waals surface area contributed by atoms with E-state index in [2.05, 4.69) is 15.5 Å². The number of rotatable bonds is 8. The van der Waals surface area contributed by atoms with E-state index >= 15 is 0 Å². The van der Waals surface area contributed by atoms with Gasteiger partial charge in [0.15, 0.2) is 5.78 Å². The van der Waals surface area contributed by atoms with Gasteiger partial charge in [0.25, 0.3) is 0 Å². The molecule has 2 rings (SSSR count). The Kier molecular flexibility index (Phi) is 5.87. The minimum atomic E-state index is -0.102. The fraction of sp³-hybridized carbons (Fsp3) is 0.471. The highest BCUT2D eigenvalue weighted by Gasteiger charge is 2.19. The maximum absolute atomic E-state index is 12.2. The first-order valence-corrected chi connectivity index (χ1v) is 7.83. The smallest absolute Gasteiger partial charge is 0.228 e. The summed E-state index contributed by atoms with van der Waals surface area (Å²) in [5, 5.41) is 5.55. The van der Waals surface area contributed by atoms with Gasteiger partial charge in [-0.15, -0.1) is 0 Å². The first-order valence-electron chi connectivity index (χ1n) is 7.83. The number of ketones is 1. The van der Waals surface area contributed by atoms with Crippen molar-refractivity contribution in [2.24, 2.45) is 0 Å². The third kappa shape index (κ3) is 5.17. The molecule has 0 fully saturated rings. The molecule has 1 aliphatic rings. The molecule has 6 heteroatoms. The van der Waals surface area contributed by atoms with Crippen molar-refractivity contribution in [1.29, 1.82) is 0 Å². The molecule has 23 heavy (non-hydrogen) atoms. The topological polar surface area (TPSA) is 78.5 Å². The number of carbonyl (C=O) groups is 3. The van der Waals surface area contributed by atoms with Crippen LogP contribution < -0.4 is 10.6 Å². The summed E-state index contributed by atoms with van der Waals surface area (Å²) in [6.45, 7) is 1.54. The van der Waals surface area contributed by atoms with E-state index in [1.807, 2.05) is 14.1 Å². The lowest BCUT2D eigenvalue weighted by Crippen LogP contribution is -2.27. The second kappa shape index (κ2) is 7.87. The third-order valence-corrected chi connectivity index (χ3v) is 3.74. The molecule has 1 aromatic carbocycles. The summed E-state index contributed by atoms with van der Waals surface area (Å²) in [7, 11) is 3.97.